The largest absolute Gasteiger partial charge is 0.434 e. The number of benzene rings is 2. The monoisotopic (exact) mass is 469 g/mol. The summed E-state index contributed by atoms with van der Waals surface area (Å²) < 4.78 is 31.9. The molecule has 3 rings (SSSR count). The molecule has 1 heterocycles. The second kappa shape index (κ2) is 8.70. The normalized spacial score (nSPS) is 10.9. The minimum Gasteiger partial charge on any atom is -0.434 e. The number of carbonyl (C=O) groups is 1. The molecule has 5 nitrogen and oxygen atoms in total. The Hall–Kier alpha value is -2.45. The number of nitrogens with one attached hydrogen (secondary N) is 1. The van der Waals surface area contributed by atoms with Crippen LogP contribution in [0.4, 0.5) is 14.6 Å². The van der Waals surface area contributed by atoms with Gasteiger partial charge in [-0.1, -0.05) is 39.7 Å². The minimum absolute atomic E-state index is 0.0282. The van der Waals surface area contributed by atoms with Crippen molar-refractivity contribution in [1.82, 2.24) is 9.78 Å². The first-order chi connectivity index (χ1) is 13.3. The number of anilines is 1. The van der Waals surface area contributed by atoms with Crippen molar-refractivity contribution in [2.75, 3.05) is 5.32 Å². The highest BCUT2D eigenvalue weighted by Crippen LogP contribution is 2.26. The number of ether oxygens (including phenoxy) is 1. The van der Waals surface area contributed by atoms with Gasteiger partial charge in [-0.15, -0.1) is 0 Å². The first-order valence-corrected chi connectivity index (χ1v) is 9.33. The average molecular weight is 471 g/mol. The Balaban J connectivity index is 1.78. The third-order valence-corrected chi connectivity index (χ3v) is 4.62. The van der Waals surface area contributed by atoms with Crippen molar-refractivity contribution >= 4 is 39.3 Å². The maximum absolute atomic E-state index is 12.6. The number of amides is 1. The number of hydrogen-bond acceptors (Lipinski definition) is 3. The van der Waals surface area contributed by atoms with E-state index in [0.717, 1.165) is 11.3 Å². The van der Waals surface area contributed by atoms with Crippen LogP contribution in [-0.4, -0.2) is 22.3 Å². The molecule has 0 aliphatic rings. The van der Waals surface area contributed by atoms with Crippen LogP contribution in [0.15, 0.2) is 53.0 Å². The summed E-state index contributed by atoms with van der Waals surface area (Å²) in [5, 5.41) is 7.62. The van der Waals surface area contributed by atoms with E-state index in [1.165, 1.54) is 18.2 Å². The van der Waals surface area contributed by atoms with Crippen LogP contribution >= 0.6 is 27.5 Å². The van der Waals surface area contributed by atoms with Crippen LogP contribution in [0, 0.1) is 6.92 Å². The molecule has 0 bridgehead atoms. The highest BCUT2D eigenvalue weighted by Gasteiger charge is 2.18. The molecule has 0 aliphatic heterocycles. The van der Waals surface area contributed by atoms with E-state index in [9.17, 15) is 13.6 Å². The second-order valence-electron chi connectivity index (χ2n) is 5.93. The van der Waals surface area contributed by atoms with Gasteiger partial charge in [-0.25, -0.2) is 0 Å². The maximum Gasteiger partial charge on any atom is 0.387 e. The summed E-state index contributed by atoms with van der Waals surface area (Å²) in [6, 6.07) is 13.3. The van der Waals surface area contributed by atoms with E-state index in [4.69, 9.17) is 11.6 Å². The fourth-order valence-electron chi connectivity index (χ4n) is 2.56. The van der Waals surface area contributed by atoms with Crippen molar-refractivity contribution in [3.05, 3.63) is 74.8 Å². The number of nitrogens with zero attached hydrogens (tertiary/aromatic N) is 2. The molecule has 0 unspecified atom stereocenters. The van der Waals surface area contributed by atoms with E-state index in [0.29, 0.717) is 21.9 Å². The predicted octanol–water partition coefficient (Wildman–Crippen LogP) is 5.51. The van der Waals surface area contributed by atoms with Crippen molar-refractivity contribution < 1.29 is 18.3 Å². The zero-order chi connectivity index (χ0) is 20.3. The number of alkyl halides is 2. The third-order valence-electron chi connectivity index (χ3n) is 3.87. The van der Waals surface area contributed by atoms with Gasteiger partial charge in [0, 0.05) is 21.3 Å². The molecule has 3 aromatic rings. The number of aryl methyl sites for hydroxylation is 1. The van der Waals surface area contributed by atoms with Gasteiger partial charge >= 0.3 is 6.61 Å². The summed E-state index contributed by atoms with van der Waals surface area (Å²) in [4.78, 5) is 12.6. The van der Waals surface area contributed by atoms with E-state index in [1.807, 2.05) is 19.1 Å². The van der Waals surface area contributed by atoms with Crippen LogP contribution < -0.4 is 10.1 Å². The Labute approximate surface area is 173 Å². The number of halogens is 4. The molecule has 146 valence electrons. The number of aromatic nitrogens is 2. The molecule has 28 heavy (non-hydrogen) atoms. The molecular formula is C19H15BrClF2N3O2. The molecule has 0 saturated heterocycles. The van der Waals surface area contributed by atoms with Gasteiger partial charge in [0.1, 0.15) is 5.75 Å². The van der Waals surface area contributed by atoms with Gasteiger partial charge in [-0.05, 0) is 42.8 Å². The summed E-state index contributed by atoms with van der Waals surface area (Å²) in [5.41, 5.74) is 1.79. The van der Waals surface area contributed by atoms with E-state index in [2.05, 4.69) is 31.1 Å². The van der Waals surface area contributed by atoms with Crippen LogP contribution in [-0.2, 0) is 6.54 Å². The van der Waals surface area contributed by atoms with Crippen molar-refractivity contribution in [2.24, 2.45) is 0 Å². The summed E-state index contributed by atoms with van der Waals surface area (Å²) in [6.07, 6.45) is 0. The van der Waals surface area contributed by atoms with Gasteiger partial charge in [-0.2, -0.15) is 13.9 Å². The fourth-order valence-corrected chi connectivity index (χ4v) is 3.04. The standard InChI is InChI=1S/C19H15BrClF2N3O2/c1-11-8-17(25-26(11)10-12-2-5-14(21)6-3-12)24-18(27)15-9-13(20)4-7-16(15)28-19(22)23/h2-9,19H,10H2,1H3,(H,24,25,27). The van der Waals surface area contributed by atoms with Gasteiger partial charge in [0.05, 0.1) is 12.1 Å². The van der Waals surface area contributed by atoms with Crippen LogP contribution in [0.25, 0.3) is 0 Å². The first-order valence-electron chi connectivity index (χ1n) is 8.16. The lowest BCUT2D eigenvalue weighted by atomic mass is 10.2. The van der Waals surface area contributed by atoms with Crippen molar-refractivity contribution in [3.63, 3.8) is 0 Å². The molecule has 9 heteroatoms. The first kappa shape index (κ1) is 20.3. The van der Waals surface area contributed by atoms with Crippen LogP contribution in [0.3, 0.4) is 0 Å². The summed E-state index contributed by atoms with van der Waals surface area (Å²) >= 11 is 9.11. The van der Waals surface area contributed by atoms with E-state index >= 15 is 0 Å². The Morgan fingerprint density at radius 2 is 1.96 bits per heavy atom. The minimum atomic E-state index is -3.03. The molecule has 0 saturated carbocycles. The lowest BCUT2D eigenvalue weighted by molar-refractivity contribution is -0.0501. The molecule has 0 radical (unpaired) electrons. The molecule has 0 fully saturated rings. The molecule has 1 N–H and O–H groups in total. The maximum atomic E-state index is 12.6. The molecule has 2 aromatic carbocycles. The summed E-state index contributed by atoms with van der Waals surface area (Å²) in [7, 11) is 0. The number of carbonyl (C=O) groups excluding carboxylic acids is 1. The average Bonchev–Trinajstić information content (AvgIpc) is 2.97. The van der Waals surface area contributed by atoms with Gasteiger partial charge in [0.15, 0.2) is 5.82 Å². The Morgan fingerprint density at radius 3 is 2.64 bits per heavy atom. The van der Waals surface area contributed by atoms with Crippen LogP contribution in [0.1, 0.15) is 21.6 Å². The summed E-state index contributed by atoms with van der Waals surface area (Å²) in [6.45, 7) is -0.688. The molecule has 0 atom stereocenters. The molecular weight excluding hydrogens is 456 g/mol. The van der Waals surface area contributed by atoms with E-state index in [1.54, 1.807) is 22.9 Å². The van der Waals surface area contributed by atoms with Crippen molar-refractivity contribution in [3.8, 4) is 5.75 Å². The smallest absolute Gasteiger partial charge is 0.387 e. The Morgan fingerprint density at radius 1 is 1.25 bits per heavy atom. The quantitative estimate of drug-likeness (QED) is 0.517. The lowest BCUT2D eigenvalue weighted by Gasteiger charge is -2.10. The van der Waals surface area contributed by atoms with Gasteiger partial charge in [0.2, 0.25) is 0 Å². The highest BCUT2D eigenvalue weighted by atomic mass is 79.9. The van der Waals surface area contributed by atoms with E-state index in [-0.39, 0.29) is 11.3 Å². The van der Waals surface area contributed by atoms with Crippen molar-refractivity contribution in [1.29, 1.82) is 0 Å². The van der Waals surface area contributed by atoms with Gasteiger partial charge in [-0.3, -0.25) is 9.48 Å². The van der Waals surface area contributed by atoms with Crippen LogP contribution in [0.5, 0.6) is 5.75 Å². The Kier molecular flexibility index (Phi) is 6.31. The van der Waals surface area contributed by atoms with Crippen LogP contribution in [0.2, 0.25) is 5.02 Å². The SMILES string of the molecule is Cc1cc(NC(=O)c2cc(Br)ccc2OC(F)F)nn1Cc1ccc(Cl)cc1. The molecule has 1 aromatic heterocycles. The fraction of sp³-hybridized carbons (Fsp3) is 0.158. The highest BCUT2D eigenvalue weighted by molar-refractivity contribution is 9.10. The van der Waals surface area contributed by atoms with Gasteiger partial charge in [0.25, 0.3) is 5.91 Å². The second-order valence-corrected chi connectivity index (χ2v) is 7.28. The van der Waals surface area contributed by atoms with Crippen molar-refractivity contribution in [2.45, 2.75) is 20.1 Å². The van der Waals surface area contributed by atoms with E-state index < -0.39 is 12.5 Å². The lowest BCUT2D eigenvalue weighted by Crippen LogP contribution is -2.15. The molecule has 0 spiro atoms. The molecule has 0 aliphatic carbocycles. The summed E-state index contributed by atoms with van der Waals surface area (Å²) in [5.74, 6) is -0.513. The Bertz CT molecular complexity index is 993. The predicted molar refractivity (Wildman–Crippen MR) is 106 cm³/mol. The third kappa shape index (κ3) is 5.08. The number of hydrogen-bond donors (Lipinski definition) is 1. The zero-order valence-electron chi connectivity index (χ0n) is 14.6. The topological polar surface area (TPSA) is 56.1 Å². The van der Waals surface area contributed by atoms with Gasteiger partial charge < -0.3 is 10.1 Å². The zero-order valence-corrected chi connectivity index (χ0v) is 17.0. The number of rotatable bonds is 6. The molecule has 1 amide bonds.